The van der Waals surface area contributed by atoms with Gasteiger partial charge < -0.3 is 9.80 Å². The van der Waals surface area contributed by atoms with Crippen LogP contribution in [0.4, 0.5) is 5.69 Å². The van der Waals surface area contributed by atoms with E-state index in [1.165, 1.54) is 5.56 Å². The number of halogens is 1. The molecule has 27 heavy (non-hydrogen) atoms. The van der Waals surface area contributed by atoms with Crippen LogP contribution in [0.15, 0.2) is 48.5 Å². The Hall–Kier alpha value is -2.33. The molecule has 4 rings (SSSR count). The number of para-hydroxylation sites is 1. The van der Waals surface area contributed by atoms with Crippen LogP contribution in [-0.2, 0) is 11.2 Å². The van der Waals surface area contributed by atoms with Gasteiger partial charge >= 0.3 is 0 Å². The normalized spacial score (nSPS) is 17.5. The number of nitrogens with zero attached hydrogens (tertiary/aromatic N) is 2. The minimum absolute atomic E-state index is 0.0218. The van der Waals surface area contributed by atoms with Crippen LogP contribution >= 0.6 is 11.6 Å². The Labute approximate surface area is 164 Å². The van der Waals surface area contributed by atoms with E-state index in [0.29, 0.717) is 36.5 Å². The molecule has 0 aromatic heterocycles. The molecule has 2 aromatic carbocycles. The fraction of sp³-hybridized carbons (Fsp3) is 0.364. The van der Waals surface area contributed by atoms with Gasteiger partial charge in [0.1, 0.15) is 0 Å². The van der Waals surface area contributed by atoms with Gasteiger partial charge in [0.2, 0.25) is 5.91 Å². The summed E-state index contributed by atoms with van der Waals surface area (Å²) in [5.41, 5.74) is 2.85. The lowest BCUT2D eigenvalue weighted by molar-refractivity contribution is -0.123. The summed E-state index contributed by atoms with van der Waals surface area (Å²) < 4.78 is 0. The lowest BCUT2D eigenvalue weighted by atomic mass is 9.92. The van der Waals surface area contributed by atoms with Gasteiger partial charge in [0, 0.05) is 31.2 Å². The standard InChI is InChI=1S/C22H23ClN2O2/c23-19-9-3-2-8-18(19)22(27)24-14-11-17(12-15-24)21(26)25-13-5-7-16-6-1-4-10-20(16)25/h1-4,6,8-10,17H,5,7,11-15H2. The third-order valence-corrected chi connectivity index (χ3v) is 5.94. The summed E-state index contributed by atoms with van der Waals surface area (Å²) in [5.74, 6) is 0.133. The Morgan fingerprint density at radius 3 is 2.41 bits per heavy atom. The zero-order valence-corrected chi connectivity index (χ0v) is 16.0. The highest BCUT2D eigenvalue weighted by Gasteiger charge is 2.32. The topological polar surface area (TPSA) is 40.6 Å². The number of anilines is 1. The largest absolute Gasteiger partial charge is 0.339 e. The second-order valence-corrected chi connectivity index (χ2v) is 7.68. The molecule has 0 atom stereocenters. The predicted molar refractivity (Wildman–Crippen MR) is 107 cm³/mol. The second-order valence-electron chi connectivity index (χ2n) is 7.27. The number of carbonyl (C=O) groups excluding carboxylic acids is 2. The lowest BCUT2D eigenvalue weighted by Crippen LogP contribution is -2.45. The van der Waals surface area contributed by atoms with E-state index in [0.717, 1.165) is 25.1 Å². The summed E-state index contributed by atoms with van der Waals surface area (Å²) in [7, 11) is 0. The quantitative estimate of drug-likeness (QED) is 0.782. The number of amides is 2. The molecule has 0 aliphatic carbocycles. The highest BCUT2D eigenvalue weighted by molar-refractivity contribution is 6.33. The number of carbonyl (C=O) groups is 2. The molecule has 0 unspecified atom stereocenters. The molecule has 5 heteroatoms. The lowest BCUT2D eigenvalue weighted by Gasteiger charge is -2.36. The predicted octanol–water partition coefficient (Wildman–Crippen LogP) is 4.17. The third-order valence-electron chi connectivity index (χ3n) is 5.61. The van der Waals surface area contributed by atoms with Crippen molar-refractivity contribution < 1.29 is 9.59 Å². The molecule has 1 fully saturated rings. The van der Waals surface area contributed by atoms with Gasteiger partial charge in [-0.3, -0.25) is 9.59 Å². The number of aryl methyl sites for hydroxylation is 1. The van der Waals surface area contributed by atoms with Crippen molar-refractivity contribution in [2.24, 2.45) is 5.92 Å². The van der Waals surface area contributed by atoms with Gasteiger partial charge in [0.15, 0.2) is 0 Å². The minimum Gasteiger partial charge on any atom is -0.339 e. The highest BCUT2D eigenvalue weighted by Crippen LogP contribution is 2.30. The van der Waals surface area contributed by atoms with Crippen molar-refractivity contribution in [1.29, 1.82) is 0 Å². The average Bonchev–Trinajstić information content (AvgIpc) is 2.73. The van der Waals surface area contributed by atoms with E-state index in [2.05, 4.69) is 6.07 Å². The molecule has 1 saturated heterocycles. The SMILES string of the molecule is O=C(c1ccccc1Cl)N1CCC(C(=O)N2CCCc3ccccc32)CC1. The van der Waals surface area contributed by atoms with Gasteiger partial charge in [0.05, 0.1) is 10.6 Å². The molecule has 2 aromatic rings. The van der Waals surface area contributed by atoms with Crippen molar-refractivity contribution in [3.05, 3.63) is 64.7 Å². The number of hydrogen-bond acceptors (Lipinski definition) is 2. The Kier molecular flexibility index (Phi) is 5.17. The van der Waals surface area contributed by atoms with Crippen molar-refractivity contribution >= 4 is 29.1 Å². The molecular weight excluding hydrogens is 360 g/mol. The Morgan fingerprint density at radius 2 is 1.63 bits per heavy atom. The smallest absolute Gasteiger partial charge is 0.255 e. The Bertz CT molecular complexity index is 859. The van der Waals surface area contributed by atoms with Crippen LogP contribution in [0.25, 0.3) is 0 Å². The van der Waals surface area contributed by atoms with Crippen molar-refractivity contribution in [3.8, 4) is 0 Å². The number of likely N-dealkylation sites (tertiary alicyclic amines) is 1. The molecule has 0 saturated carbocycles. The molecule has 2 aliphatic heterocycles. The highest BCUT2D eigenvalue weighted by atomic mass is 35.5. The van der Waals surface area contributed by atoms with E-state index in [4.69, 9.17) is 11.6 Å². The average molecular weight is 383 g/mol. The first-order valence-electron chi connectivity index (χ1n) is 9.58. The van der Waals surface area contributed by atoms with Crippen molar-refractivity contribution in [3.63, 3.8) is 0 Å². The van der Waals surface area contributed by atoms with Crippen LogP contribution in [0.3, 0.4) is 0 Å². The zero-order valence-electron chi connectivity index (χ0n) is 15.2. The fourth-order valence-corrected chi connectivity index (χ4v) is 4.33. The maximum absolute atomic E-state index is 13.1. The zero-order chi connectivity index (χ0) is 18.8. The molecule has 2 amide bonds. The third kappa shape index (κ3) is 3.59. The number of piperidine rings is 1. The van der Waals surface area contributed by atoms with Gasteiger partial charge in [-0.05, 0) is 49.4 Å². The maximum atomic E-state index is 13.1. The van der Waals surface area contributed by atoms with Crippen LogP contribution in [0, 0.1) is 5.92 Å². The molecule has 2 aliphatic rings. The van der Waals surface area contributed by atoms with Gasteiger partial charge in [-0.25, -0.2) is 0 Å². The number of rotatable bonds is 2. The van der Waals surface area contributed by atoms with Crippen LogP contribution in [0.1, 0.15) is 35.2 Å². The summed E-state index contributed by atoms with van der Waals surface area (Å²) in [6.45, 7) is 1.97. The van der Waals surface area contributed by atoms with E-state index >= 15 is 0 Å². The molecule has 4 nitrogen and oxygen atoms in total. The fourth-order valence-electron chi connectivity index (χ4n) is 4.12. The van der Waals surface area contributed by atoms with Crippen molar-refractivity contribution in [2.45, 2.75) is 25.7 Å². The molecule has 2 heterocycles. The first-order chi connectivity index (χ1) is 13.1. The van der Waals surface area contributed by atoms with E-state index in [1.54, 1.807) is 12.1 Å². The minimum atomic E-state index is -0.0465. The number of fused-ring (bicyclic) bond motifs is 1. The van der Waals surface area contributed by atoms with Crippen molar-refractivity contribution in [2.75, 3.05) is 24.5 Å². The Balaban J connectivity index is 1.42. The van der Waals surface area contributed by atoms with E-state index in [1.807, 2.05) is 40.1 Å². The van der Waals surface area contributed by atoms with Crippen LogP contribution in [0.2, 0.25) is 5.02 Å². The van der Waals surface area contributed by atoms with E-state index < -0.39 is 0 Å². The van der Waals surface area contributed by atoms with Gasteiger partial charge in [0.25, 0.3) is 5.91 Å². The first-order valence-corrected chi connectivity index (χ1v) is 9.96. The van der Waals surface area contributed by atoms with Gasteiger partial charge in [-0.1, -0.05) is 41.9 Å². The summed E-state index contributed by atoms with van der Waals surface area (Å²) in [5, 5.41) is 0.477. The van der Waals surface area contributed by atoms with Crippen LogP contribution in [-0.4, -0.2) is 36.3 Å². The molecular formula is C22H23ClN2O2. The second kappa shape index (κ2) is 7.73. The first kappa shape index (κ1) is 18.1. The number of hydrogen-bond donors (Lipinski definition) is 0. The molecule has 140 valence electrons. The molecule has 0 spiro atoms. The number of benzene rings is 2. The Morgan fingerprint density at radius 1 is 0.926 bits per heavy atom. The van der Waals surface area contributed by atoms with Crippen molar-refractivity contribution in [1.82, 2.24) is 4.90 Å². The summed E-state index contributed by atoms with van der Waals surface area (Å²) in [6, 6.07) is 15.3. The summed E-state index contributed by atoms with van der Waals surface area (Å²) >= 11 is 6.16. The van der Waals surface area contributed by atoms with E-state index in [-0.39, 0.29) is 17.7 Å². The van der Waals surface area contributed by atoms with Crippen LogP contribution < -0.4 is 4.90 Å². The van der Waals surface area contributed by atoms with Gasteiger partial charge in [-0.15, -0.1) is 0 Å². The van der Waals surface area contributed by atoms with Gasteiger partial charge in [-0.2, -0.15) is 0 Å². The summed E-state index contributed by atoms with van der Waals surface area (Å²) in [4.78, 5) is 29.6. The maximum Gasteiger partial charge on any atom is 0.255 e. The molecule has 0 radical (unpaired) electrons. The summed E-state index contributed by atoms with van der Waals surface area (Å²) in [6.07, 6.45) is 3.44. The van der Waals surface area contributed by atoms with E-state index in [9.17, 15) is 9.59 Å². The van der Waals surface area contributed by atoms with Crippen LogP contribution in [0.5, 0.6) is 0 Å². The molecule has 0 N–H and O–H groups in total. The molecule has 0 bridgehead atoms. The monoisotopic (exact) mass is 382 g/mol.